The Labute approximate surface area is 164 Å². The first-order chi connectivity index (χ1) is 13.6. The van der Waals surface area contributed by atoms with Crippen molar-refractivity contribution >= 4 is 17.9 Å². The molecule has 1 saturated heterocycles. The molecule has 11 heteroatoms. The third kappa shape index (κ3) is 6.21. The van der Waals surface area contributed by atoms with E-state index in [0.717, 1.165) is 17.0 Å². The van der Waals surface area contributed by atoms with Gasteiger partial charge in [0.25, 0.3) is 5.91 Å². The van der Waals surface area contributed by atoms with Gasteiger partial charge in [0.2, 0.25) is 5.91 Å². The van der Waals surface area contributed by atoms with Crippen LogP contribution in [0.3, 0.4) is 0 Å². The molecule has 3 amide bonds. The van der Waals surface area contributed by atoms with Crippen LogP contribution in [0.25, 0.3) is 0 Å². The molecule has 1 aliphatic rings. The monoisotopic (exact) mass is 415 g/mol. The molecule has 1 aromatic rings. The Morgan fingerprint density at radius 1 is 1.31 bits per heavy atom. The lowest BCUT2D eigenvalue weighted by atomic mass is 10.1. The molecule has 3 N–H and O–H groups in total. The number of carboxylic acid groups (broad SMARTS) is 1. The predicted molar refractivity (Wildman–Crippen MR) is 95.2 cm³/mol. The fourth-order valence-corrected chi connectivity index (χ4v) is 2.79. The second-order valence-electron chi connectivity index (χ2n) is 6.28. The largest absolute Gasteiger partial charge is 0.465 e. The molecule has 0 aromatic heterocycles. The maximum absolute atomic E-state index is 12.7. The van der Waals surface area contributed by atoms with E-state index in [2.05, 4.69) is 17.2 Å². The molecule has 0 saturated carbocycles. The van der Waals surface area contributed by atoms with Crippen molar-refractivity contribution in [2.75, 3.05) is 26.2 Å². The van der Waals surface area contributed by atoms with E-state index in [-0.39, 0.29) is 25.3 Å². The van der Waals surface area contributed by atoms with E-state index in [1.54, 1.807) is 0 Å². The first-order valence-electron chi connectivity index (χ1n) is 8.57. The van der Waals surface area contributed by atoms with Crippen molar-refractivity contribution in [2.24, 2.45) is 0 Å². The van der Waals surface area contributed by atoms with E-state index in [0.29, 0.717) is 6.07 Å². The molecule has 0 radical (unpaired) electrons. The van der Waals surface area contributed by atoms with Gasteiger partial charge in [-0.1, -0.05) is 12.1 Å². The highest BCUT2D eigenvalue weighted by atomic mass is 19.4. The number of hydrogen-bond donors (Lipinski definition) is 3. The van der Waals surface area contributed by atoms with Crippen molar-refractivity contribution in [2.45, 2.75) is 18.3 Å². The Morgan fingerprint density at radius 3 is 2.66 bits per heavy atom. The zero-order valence-corrected chi connectivity index (χ0v) is 15.2. The second-order valence-corrected chi connectivity index (χ2v) is 6.28. The molecule has 0 aliphatic carbocycles. The molecule has 1 aliphatic heterocycles. The van der Waals surface area contributed by atoms with Gasteiger partial charge in [-0.25, -0.2) is 4.79 Å². The number of carbonyl (C=O) groups is 3. The maximum Gasteiger partial charge on any atom is 0.416 e. The molecule has 1 heterocycles. The third-order valence-electron chi connectivity index (χ3n) is 4.17. The summed E-state index contributed by atoms with van der Waals surface area (Å²) in [6.45, 7) is 3.24. The van der Waals surface area contributed by atoms with Crippen LogP contribution in [0, 0.1) is 0 Å². The van der Waals surface area contributed by atoms with Crippen molar-refractivity contribution in [3.8, 4) is 0 Å². The Kier molecular flexibility index (Phi) is 7.21. The number of amides is 3. The van der Waals surface area contributed by atoms with Gasteiger partial charge in [0.15, 0.2) is 0 Å². The molecule has 1 fully saturated rings. The van der Waals surface area contributed by atoms with Crippen molar-refractivity contribution in [1.82, 2.24) is 15.5 Å². The number of alkyl halides is 3. The van der Waals surface area contributed by atoms with Crippen LogP contribution in [0.1, 0.15) is 15.9 Å². The molecule has 0 spiro atoms. The van der Waals surface area contributed by atoms with Gasteiger partial charge in [-0.05, 0) is 18.2 Å². The summed E-state index contributed by atoms with van der Waals surface area (Å²) >= 11 is 0. The zero-order valence-electron chi connectivity index (χ0n) is 15.2. The van der Waals surface area contributed by atoms with Crippen molar-refractivity contribution in [3.63, 3.8) is 0 Å². The molecule has 2 atom stereocenters. The standard InChI is InChI=1S/C18H20F3N3O5/c1-2-6-29-14-10-24(17(27)28)9-13(14)23-15(25)8-22-16(26)11-4-3-5-12(7-11)18(19,20)21/h2-5,7,13-14H,1,6,8-10H2,(H,22,26)(H,23,25)(H,27,28)/t13-,14-/m0/s1. The summed E-state index contributed by atoms with van der Waals surface area (Å²) in [6.07, 6.45) is -4.86. The Balaban J connectivity index is 1.92. The first-order valence-corrected chi connectivity index (χ1v) is 8.57. The quantitative estimate of drug-likeness (QED) is 0.585. The predicted octanol–water partition coefficient (Wildman–Crippen LogP) is 1.48. The number of nitrogens with one attached hydrogen (secondary N) is 2. The average molecular weight is 415 g/mol. The molecule has 29 heavy (non-hydrogen) atoms. The lowest BCUT2D eigenvalue weighted by Gasteiger charge is -2.19. The minimum atomic E-state index is -4.59. The number of rotatable bonds is 7. The molecule has 0 unspecified atom stereocenters. The number of ether oxygens (including phenoxy) is 1. The summed E-state index contributed by atoms with van der Waals surface area (Å²) in [5.41, 5.74) is -1.21. The van der Waals surface area contributed by atoms with Crippen LogP contribution >= 0.6 is 0 Å². The first kappa shape index (κ1) is 22.2. The summed E-state index contributed by atoms with van der Waals surface area (Å²) in [5, 5.41) is 13.9. The van der Waals surface area contributed by atoms with E-state index < -0.39 is 48.3 Å². The van der Waals surface area contributed by atoms with Crippen LogP contribution in [-0.4, -0.2) is 66.3 Å². The van der Waals surface area contributed by atoms with Gasteiger partial charge in [0.1, 0.15) is 0 Å². The van der Waals surface area contributed by atoms with Crippen LogP contribution in [0.15, 0.2) is 36.9 Å². The van der Waals surface area contributed by atoms with Crippen LogP contribution < -0.4 is 10.6 Å². The molecule has 0 bridgehead atoms. The van der Waals surface area contributed by atoms with E-state index >= 15 is 0 Å². The third-order valence-corrected chi connectivity index (χ3v) is 4.17. The van der Waals surface area contributed by atoms with Gasteiger partial charge in [-0.15, -0.1) is 6.58 Å². The molecule has 8 nitrogen and oxygen atoms in total. The molecular formula is C18H20F3N3O5. The van der Waals surface area contributed by atoms with Gasteiger partial charge in [-0.3, -0.25) is 9.59 Å². The SMILES string of the molecule is C=CCO[C@H]1CN(C(=O)O)C[C@@H]1NC(=O)CNC(=O)c1cccc(C(F)(F)F)c1. The Morgan fingerprint density at radius 2 is 2.03 bits per heavy atom. The number of hydrogen-bond acceptors (Lipinski definition) is 4. The van der Waals surface area contributed by atoms with Crippen molar-refractivity contribution < 1.29 is 37.4 Å². The molecule has 158 valence electrons. The van der Waals surface area contributed by atoms with Gasteiger partial charge in [0, 0.05) is 12.1 Å². The summed E-state index contributed by atoms with van der Waals surface area (Å²) in [4.78, 5) is 36.3. The van der Waals surface area contributed by atoms with Gasteiger partial charge in [0.05, 0.1) is 37.4 Å². The van der Waals surface area contributed by atoms with Crippen molar-refractivity contribution in [3.05, 3.63) is 48.0 Å². The fraction of sp³-hybridized carbons (Fsp3) is 0.389. The lowest BCUT2D eigenvalue weighted by molar-refractivity contribution is -0.137. The van der Waals surface area contributed by atoms with Crippen molar-refractivity contribution in [1.29, 1.82) is 0 Å². The smallest absolute Gasteiger partial charge is 0.416 e. The van der Waals surface area contributed by atoms with Crippen LogP contribution in [0.5, 0.6) is 0 Å². The lowest BCUT2D eigenvalue weighted by Crippen LogP contribution is -2.47. The fourth-order valence-electron chi connectivity index (χ4n) is 2.79. The highest BCUT2D eigenvalue weighted by Crippen LogP contribution is 2.29. The van der Waals surface area contributed by atoms with E-state index in [1.165, 1.54) is 12.1 Å². The Hall–Kier alpha value is -3.08. The van der Waals surface area contributed by atoms with E-state index in [1.807, 2.05) is 0 Å². The summed E-state index contributed by atoms with van der Waals surface area (Å²) in [7, 11) is 0. The highest BCUT2D eigenvalue weighted by Gasteiger charge is 2.37. The van der Waals surface area contributed by atoms with E-state index in [4.69, 9.17) is 9.84 Å². The minimum absolute atomic E-state index is 0.00442. The van der Waals surface area contributed by atoms with Gasteiger partial charge >= 0.3 is 12.3 Å². The summed E-state index contributed by atoms with van der Waals surface area (Å²) in [5.74, 6) is -1.47. The van der Waals surface area contributed by atoms with Crippen LogP contribution in [0.4, 0.5) is 18.0 Å². The number of benzene rings is 1. The minimum Gasteiger partial charge on any atom is -0.465 e. The van der Waals surface area contributed by atoms with E-state index in [9.17, 15) is 27.6 Å². The molecular weight excluding hydrogens is 395 g/mol. The van der Waals surface area contributed by atoms with Gasteiger partial charge in [-0.2, -0.15) is 13.2 Å². The molecule has 1 aromatic carbocycles. The maximum atomic E-state index is 12.7. The summed E-state index contributed by atoms with van der Waals surface area (Å²) in [6, 6.07) is 3.18. The molecule has 2 rings (SSSR count). The topological polar surface area (TPSA) is 108 Å². The number of carbonyl (C=O) groups excluding carboxylic acids is 2. The normalized spacial score (nSPS) is 18.9. The average Bonchev–Trinajstić information content (AvgIpc) is 3.06. The second kappa shape index (κ2) is 9.41. The van der Waals surface area contributed by atoms with Crippen LogP contribution in [0.2, 0.25) is 0 Å². The number of nitrogens with zero attached hydrogens (tertiary/aromatic N) is 1. The highest BCUT2D eigenvalue weighted by molar-refractivity contribution is 5.96. The van der Waals surface area contributed by atoms with Gasteiger partial charge < -0.3 is 25.4 Å². The zero-order chi connectivity index (χ0) is 21.6. The summed E-state index contributed by atoms with van der Waals surface area (Å²) < 4.78 is 43.6. The Bertz CT molecular complexity index is 784. The number of likely N-dealkylation sites (tertiary alicyclic amines) is 1. The van der Waals surface area contributed by atoms with Crippen LogP contribution in [-0.2, 0) is 15.7 Å². The number of halogens is 3.